The summed E-state index contributed by atoms with van der Waals surface area (Å²) in [6.07, 6.45) is 0.902. The van der Waals surface area contributed by atoms with Crippen molar-refractivity contribution in [2.75, 3.05) is 32.7 Å². The normalized spacial score (nSPS) is 11.0. The molecular weight excluding hydrogens is 242 g/mol. The van der Waals surface area contributed by atoms with Crippen LogP contribution in [0.2, 0.25) is 0 Å². The van der Waals surface area contributed by atoms with Crippen molar-refractivity contribution in [3.05, 3.63) is 0 Å². The van der Waals surface area contributed by atoms with Crippen LogP contribution < -0.4 is 51.6 Å². The van der Waals surface area contributed by atoms with E-state index in [1.54, 1.807) is 0 Å². The van der Waals surface area contributed by atoms with E-state index in [1.807, 2.05) is 6.92 Å². The van der Waals surface area contributed by atoms with Crippen LogP contribution in [0.25, 0.3) is 0 Å². The molecule has 0 aliphatic rings. The Morgan fingerprint density at radius 3 is 2.38 bits per heavy atom. The molecule has 0 rings (SSSR count). The molecule has 1 unspecified atom stereocenters. The fraction of sp³-hybridized carbons (Fsp3) is 1.00. The standard InChI is InChI=1S/C7H20N4O3P.Na.H/c1-2-4-10-13-15(12)14-11-7-6-9-5-3-8;;/h9-11H,2-8H2,1H3;;/q2*+1;-1. The number of rotatable bonds is 11. The molecular formula is C7H21N4NaO3P+. The number of nitrogens with one attached hydrogen (secondary N) is 3. The van der Waals surface area contributed by atoms with Crippen LogP contribution in [0.1, 0.15) is 14.8 Å². The van der Waals surface area contributed by atoms with E-state index in [-0.39, 0.29) is 31.0 Å². The van der Waals surface area contributed by atoms with Gasteiger partial charge in [0.2, 0.25) is 0 Å². The van der Waals surface area contributed by atoms with E-state index in [4.69, 9.17) is 5.73 Å². The van der Waals surface area contributed by atoms with Gasteiger partial charge in [0.15, 0.2) is 0 Å². The zero-order valence-electron chi connectivity index (χ0n) is 11.0. The summed E-state index contributed by atoms with van der Waals surface area (Å²) in [4.78, 5) is 0. The van der Waals surface area contributed by atoms with Gasteiger partial charge >= 0.3 is 37.8 Å². The van der Waals surface area contributed by atoms with Crippen LogP contribution in [0.3, 0.4) is 0 Å². The van der Waals surface area contributed by atoms with Crippen molar-refractivity contribution in [2.24, 2.45) is 5.73 Å². The van der Waals surface area contributed by atoms with Crippen molar-refractivity contribution in [3.8, 4) is 0 Å². The molecule has 0 aliphatic heterocycles. The van der Waals surface area contributed by atoms with E-state index in [2.05, 4.69) is 25.5 Å². The molecule has 0 fully saturated rings. The van der Waals surface area contributed by atoms with Crippen LogP contribution in [0.5, 0.6) is 0 Å². The molecule has 9 heteroatoms. The van der Waals surface area contributed by atoms with E-state index < -0.39 is 8.25 Å². The predicted molar refractivity (Wildman–Crippen MR) is 59.1 cm³/mol. The third-order valence-corrected chi connectivity index (χ3v) is 1.91. The maximum atomic E-state index is 10.9. The Balaban J connectivity index is -0.000000980. The molecule has 0 bridgehead atoms. The topological polar surface area (TPSA) is 97.6 Å². The van der Waals surface area contributed by atoms with E-state index in [9.17, 15) is 4.57 Å². The first-order valence-corrected chi connectivity index (χ1v) is 6.08. The second-order valence-electron chi connectivity index (χ2n) is 2.73. The molecule has 5 N–H and O–H groups in total. The second-order valence-corrected chi connectivity index (χ2v) is 3.55. The first-order valence-electron chi connectivity index (χ1n) is 4.99. The Labute approximate surface area is 121 Å². The van der Waals surface area contributed by atoms with Gasteiger partial charge in [-0.2, -0.15) is 0 Å². The summed E-state index contributed by atoms with van der Waals surface area (Å²) in [7, 11) is -2.14. The van der Waals surface area contributed by atoms with Gasteiger partial charge < -0.3 is 12.5 Å². The van der Waals surface area contributed by atoms with Crippen molar-refractivity contribution < 1.29 is 44.8 Å². The second kappa shape index (κ2) is 15.9. The molecule has 0 aromatic rings. The molecule has 0 aliphatic carbocycles. The van der Waals surface area contributed by atoms with Crippen LogP contribution in [0.15, 0.2) is 0 Å². The third-order valence-electron chi connectivity index (χ3n) is 1.36. The van der Waals surface area contributed by atoms with Crippen molar-refractivity contribution in [2.45, 2.75) is 13.3 Å². The number of hydrogen-bond donors (Lipinski definition) is 4. The Morgan fingerprint density at radius 2 is 1.81 bits per heavy atom. The molecule has 0 radical (unpaired) electrons. The first kappa shape index (κ1) is 19.2. The monoisotopic (exact) mass is 263 g/mol. The molecule has 0 saturated carbocycles. The molecule has 7 nitrogen and oxygen atoms in total. The molecule has 0 amide bonds. The van der Waals surface area contributed by atoms with Crippen LogP contribution in [0.4, 0.5) is 0 Å². The van der Waals surface area contributed by atoms with E-state index in [1.165, 1.54) is 0 Å². The molecule has 0 saturated heterocycles. The van der Waals surface area contributed by atoms with Gasteiger partial charge in [0, 0.05) is 37.3 Å². The van der Waals surface area contributed by atoms with E-state index in [0.29, 0.717) is 26.2 Å². The summed E-state index contributed by atoms with van der Waals surface area (Å²) in [6.45, 7) is 5.21. The zero-order chi connectivity index (χ0) is 11.4. The van der Waals surface area contributed by atoms with E-state index in [0.717, 1.165) is 13.0 Å². The summed E-state index contributed by atoms with van der Waals surface area (Å²) < 4.78 is 20.3. The minimum Gasteiger partial charge on any atom is -1.00 e. The van der Waals surface area contributed by atoms with E-state index >= 15 is 0 Å². The predicted octanol–water partition coefficient (Wildman–Crippen LogP) is -3.24. The average Bonchev–Trinajstić information content (AvgIpc) is 2.23. The Kier molecular flexibility index (Phi) is 19.0. The van der Waals surface area contributed by atoms with Crippen LogP contribution in [-0.4, -0.2) is 32.7 Å². The van der Waals surface area contributed by atoms with Gasteiger partial charge in [-0.05, 0) is 15.7 Å². The van der Waals surface area contributed by atoms with Crippen molar-refractivity contribution in [1.29, 1.82) is 0 Å². The molecule has 0 aromatic carbocycles. The smallest absolute Gasteiger partial charge is 1.00 e. The number of hydroxylamine groups is 2. The molecule has 0 heterocycles. The SMILES string of the molecule is CCCNO[P+](=O)ONCCNCCN.[H-].[Na+]. The van der Waals surface area contributed by atoms with Gasteiger partial charge in [0.1, 0.15) is 0 Å². The fourth-order valence-corrected chi connectivity index (χ4v) is 1.11. The Bertz CT molecular complexity index is 172. The summed E-state index contributed by atoms with van der Waals surface area (Å²) in [6, 6.07) is 0. The van der Waals surface area contributed by atoms with Crippen molar-refractivity contribution in [1.82, 2.24) is 16.3 Å². The molecule has 0 spiro atoms. The quantitative estimate of drug-likeness (QED) is 0.135. The van der Waals surface area contributed by atoms with Crippen LogP contribution >= 0.6 is 8.25 Å². The van der Waals surface area contributed by atoms with Gasteiger partial charge in [-0.1, -0.05) is 6.92 Å². The summed E-state index contributed by atoms with van der Waals surface area (Å²) in [5, 5.41) is 3.04. The molecule has 1 atom stereocenters. The molecule has 0 aromatic heterocycles. The maximum Gasteiger partial charge on any atom is 1.00 e. The molecule has 92 valence electrons. The third kappa shape index (κ3) is 14.9. The summed E-state index contributed by atoms with van der Waals surface area (Å²) >= 11 is 0. The van der Waals surface area contributed by atoms with Gasteiger partial charge in [0.25, 0.3) is 0 Å². The largest absolute Gasteiger partial charge is 1.00 e. The molecule has 16 heavy (non-hydrogen) atoms. The fourth-order valence-electron chi connectivity index (χ4n) is 0.684. The summed E-state index contributed by atoms with van der Waals surface area (Å²) in [5.74, 6) is 0. The summed E-state index contributed by atoms with van der Waals surface area (Å²) in [5.41, 5.74) is 10.3. The van der Waals surface area contributed by atoms with Crippen LogP contribution in [0, 0.1) is 0 Å². The Hall–Kier alpha value is 0.860. The minimum atomic E-state index is -2.14. The maximum absolute atomic E-state index is 10.9. The minimum absolute atomic E-state index is 0. The van der Waals surface area contributed by atoms with Crippen molar-refractivity contribution >= 4 is 8.25 Å². The number of nitrogens with two attached hydrogens (primary N) is 1. The van der Waals surface area contributed by atoms with Crippen LogP contribution in [-0.2, 0) is 13.8 Å². The van der Waals surface area contributed by atoms with Gasteiger partial charge in [-0.3, -0.25) is 0 Å². The van der Waals surface area contributed by atoms with Gasteiger partial charge in [-0.25, -0.2) is 0 Å². The Morgan fingerprint density at radius 1 is 1.19 bits per heavy atom. The average molecular weight is 263 g/mol. The number of hydrogen-bond acceptors (Lipinski definition) is 7. The first-order chi connectivity index (χ1) is 7.31. The van der Waals surface area contributed by atoms with Gasteiger partial charge in [-0.15, -0.1) is 11.0 Å². The zero-order valence-corrected chi connectivity index (χ0v) is 12.9. The van der Waals surface area contributed by atoms with Crippen molar-refractivity contribution in [3.63, 3.8) is 0 Å². The van der Waals surface area contributed by atoms with Gasteiger partial charge in [0.05, 0.1) is 0 Å².